The molecular weight excluding hydrogens is 394 g/mol. The van der Waals surface area contributed by atoms with Crippen LogP contribution in [0.1, 0.15) is 16.7 Å². The molecule has 1 N–H and O–H groups in total. The van der Waals surface area contributed by atoms with Gasteiger partial charge in [-0.2, -0.15) is 0 Å². The summed E-state index contributed by atoms with van der Waals surface area (Å²) in [4.78, 5) is 17.1. The van der Waals surface area contributed by atoms with Gasteiger partial charge in [-0.05, 0) is 35.7 Å². The number of nitrogens with zero attached hydrogens (tertiary/aromatic N) is 2. The van der Waals surface area contributed by atoms with Gasteiger partial charge in [0.25, 0.3) is 0 Å². The van der Waals surface area contributed by atoms with E-state index in [1.165, 1.54) is 11.1 Å². The molecule has 1 saturated heterocycles. The van der Waals surface area contributed by atoms with E-state index in [1.54, 1.807) is 21.3 Å². The maximum atomic E-state index is 12.5. The van der Waals surface area contributed by atoms with E-state index in [9.17, 15) is 4.79 Å². The molecule has 1 fully saturated rings. The van der Waals surface area contributed by atoms with Crippen molar-refractivity contribution in [1.82, 2.24) is 15.1 Å². The minimum atomic E-state index is 0.0149. The molecular formula is C24H33N3O4. The highest BCUT2D eigenvalue weighted by Crippen LogP contribution is 2.38. The number of carbonyl (C=O) groups excluding carboxylic acids is 1. The van der Waals surface area contributed by atoms with Crippen LogP contribution in [0, 0.1) is 6.92 Å². The third kappa shape index (κ3) is 6.12. The lowest BCUT2D eigenvalue weighted by atomic mass is 10.1. The Kier molecular flexibility index (Phi) is 8.14. The van der Waals surface area contributed by atoms with E-state index in [0.717, 1.165) is 38.3 Å². The molecule has 3 rings (SSSR count). The molecule has 2 aromatic rings. The Hall–Kier alpha value is -2.77. The van der Waals surface area contributed by atoms with Crippen molar-refractivity contribution in [2.24, 2.45) is 0 Å². The van der Waals surface area contributed by atoms with E-state index in [2.05, 4.69) is 46.3 Å². The first-order valence-electron chi connectivity index (χ1n) is 10.6. The lowest BCUT2D eigenvalue weighted by molar-refractivity contribution is -0.122. The van der Waals surface area contributed by atoms with Crippen LogP contribution in [0.2, 0.25) is 0 Å². The largest absolute Gasteiger partial charge is 0.493 e. The molecule has 1 amide bonds. The fourth-order valence-electron chi connectivity index (χ4n) is 3.83. The third-order valence-corrected chi connectivity index (χ3v) is 5.70. The van der Waals surface area contributed by atoms with E-state index in [1.807, 2.05) is 12.1 Å². The van der Waals surface area contributed by atoms with Crippen molar-refractivity contribution in [3.63, 3.8) is 0 Å². The summed E-state index contributed by atoms with van der Waals surface area (Å²) in [5.74, 6) is 1.72. The first-order chi connectivity index (χ1) is 15.0. The molecule has 1 aliphatic heterocycles. The number of carbonyl (C=O) groups is 1. The molecule has 1 aliphatic rings. The van der Waals surface area contributed by atoms with E-state index >= 15 is 0 Å². The summed E-state index contributed by atoms with van der Waals surface area (Å²) >= 11 is 0. The number of aryl methyl sites for hydroxylation is 1. The van der Waals surface area contributed by atoms with Crippen LogP contribution in [0.15, 0.2) is 36.4 Å². The van der Waals surface area contributed by atoms with Crippen molar-refractivity contribution in [2.45, 2.75) is 20.0 Å². The molecule has 1 heterocycles. The average molecular weight is 428 g/mol. The maximum absolute atomic E-state index is 12.5. The molecule has 168 valence electrons. The summed E-state index contributed by atoms with van der Waals surface area (Å²) < 4.78 is 16.1. The number of piperazine rings is 1. The highest BCUT2D eigenvalue weighted by atomic mass is 16.5. The minimum absolute atomic E-state index is 0.0149. The predicted octanol–water partition coefficient (Wildman–Crippen LogP) is 2.45. The summed E-state index contributed by atoms with van der Waals surface area (Å²) in [5, 5.41) is 3.00. The Balaban J connectivity index is 1.46. The molecule has 0 bridgehead atoms. The van der Waals surface area contributed by atoms with Crippen LogP contribution in [0.5, 0.6) is 17.2 Å². The first kappa shape index (κ1) is 22.9. The number of hydrogen-bond donors (Lipinski definition) is 1. The molecule has 7 heteroatoms. The van der Waals surface area contributed by atoms with Crippen LogP contribution in [0.4, 0.5) is 0 Å². The zero-order chi connectivity index (χ0) is 22.2. The van der Waals surface area contributed by atoms with E-state index in [-0.39, 0.29) is 5.91 Å². The Morgan fingerprint density at radius 2 is 1.55 bits per heavy atom. The molecule has 0 unspecified atom stereocenters. The van der Waals surface area contributed by atoms with Crippen molar-refractivity contribution in [1.29, 1.82) is 0 Å². The minimum Gasteiger partial charge on any atom is -0.493 e. The van der Waals surface area contributed by atoms with E-state index in [4.69, 9.17) is 14.2 Å². The lowest BCUT2D eigenvalue weighted by Crippen LogP contribution is -2.49. The topological polar surface area (TPSA) is 63.3 Å². The van der Waals surface area contributed by atoms with Gasteiger partial charge in [-0.3, -0.25) is 14.6 Å². The van der Waals surface area contributed by atoms with Crippen LogP contribution in [-0.2, 0) is 17.9 Å². The van der Waals surface area contributed by atoms with Gasteiger partial charge in [0.1, 0.15) is 0 Å². The molecule has 7 nitrogen and oxygen atoms in total. The van der Waals surface area contributed by atoms with Gasteiger partial charge in [0.2, 0.25) is 11.7 Å². The third-order valence-electron chi connectivity index (χ3n) is 5.70. The van der Waals surface area contributed by atoms with Gasteiger partial charge in [0.15, 0.2) is 11.5 Å². The predicted molar refractivity (Wildman–Crippen MR) is 121 cm³/mol. The Labute approximate surface area is 184 Å². The van der Waals surface area contributed by atoms with Gasteiger partial charge in [0.05, 0.1) is 27.9 Å². The Morgan fingerprint density at radius 3 is 2.13 bits per heavy atom. The van der Waals surface area contributed by atoms with Crippen molar-refractivity contribution < 1.29 is 19.0 Å². The summed E-state index contributed by atoms with van der Waals surface area (Å²) in [7, 11) is 4.74. The van der Waals surface area contributed by atoms with Crippen LogP contribution in [0.25, 0.3) is 0 Å². The smallest absolute Gasteiger partial charge is 0.234 e. The number of ether oxygens (including phenoxy) is 3. The summed E-state index contributed by atoms with van der Waals surface area (Å²) in [5.41, 5.74) is 3.60. The molecule has 0 spiro atoms. The Bertz CT molecular complexity index is 854. The van der Waals surface area contributed by atoms with Gasteiger partial charge in [-0.25, -0.2) is 0 Å². The number of hydrogen-bond acceptors (Lipinski definition) is 6. The molecule has 0 radical (unpaired) electrons. The molecule has 0 aromatic heterocycles. The summed E-state index contributed by atoms with van der Waals surface area (Å²) in [6, 6.07) is 12.2. The molecule has 2 aromatic carbocycles. The SMILES string of the molecule is COc1cc(CNC(=O)CN2CCN(Cc3ccccc3C)CC2)cc(OC)c1OC. The zero-order valence-corrected chi connectivity index (χ0v) is 18.9. The summed E-state index contributed by atoms with van der Waals surface area (Å²) in [6.45, 7) is 7.65. The van der Waals surface area contributed by atoms with Crippen molar-refractivity contribution in [3.05, 3.63) is 53.1 Å². The fraction of sp³-hybridized carbons (Fsp3) is 0.458. The van der Waals surface area contributed by atoms with Crippen molar-refractivity contribution in [2.75, 3.05) is 54.1 Å². The quantitative estimate of drug-likeness (QED) is 0.663. The number of methoxy groups -OCH3 is 3. The highest BCUT2D eigenvalue weighted by Gasteiger charge is 2.20. The molecule has 0 aliphatic carbocycles. The number of nitrogens with one attached hydrogen (secondary N) is 1. The molecule has 31 heavy (non-hydrogen) atoms. The molecule has 0 saturated carbocycles. The number of amides is 1. The summed E-state index contributed by atoms with van der Waals surface area (Å²) in [6.07, 6.45) is 0. The van der Waals surface area contributed by atoms with E-state index < -0.39 is 0 Å². The second kappa shape index (κ2) is 11.0. The fourth-order valence-corrected chi connectivity index (χ4v) is 3.83. The normalized spacial score (nSPS) is 14.8. The average Bonchev–Trinajstić information content (AvgIpc) is 2.79. The standard InChI is InChI=1S/C24H33N3O4/c1-18-7-5-6-8-20(18)16-26-9-11-27(12-10-26)17-23(28)25-15-19-13-21(29-2)24(31-4)22(14-19)30-3/h5-8,13-14H,9-12,15-17H2,1-4H3,(H,25,28). The van der Waals surface area contributed by atoms with Crippen molar-refractivity contribution >= 4 is 5.91 Å². The number of benzene rings is 2. The number of rotatable bonds is 9. The zero-order valence-electron chi connectivity index (χ0n) is 18.9. The lowest BCUT2D eigenvalue weighted by Gasteiger charge is -2.34. The van der Waals surface area contributed by atoms with Crippen LogP contribution in [-0.4, -0.2) is 69.8 Å². The Morgan fingerprint density at radius 1 is 0.935 bits per heavy atom. The van der Waals surface area contributed by atoms with Gasteiger partial charge in [0, 0.05) is 39.3 Å². The monoisotopic (exact) mass is 427 g/mol. The van der Waals surface area contributed by atoms with Gasteiger partial charge >= 0.3 is 0 Å². The highest BCUT2D eigenvalue weighted by molar-refractivity contribution is 5.78. The van der Waals surface area contributed by atoms with Gasteiger partial charge in [-0.1, -0.05) is 24.3 Å². The van der Waals surface area contributed by atoms with Crippen LogP contribution in [0.3, 0.4) is 0 Å². The van der Waals surface area contributed by atoms with Crippen LogP contribution >= 0.6 is 0 Å². The second-order valence-corrected chi connectivity index (χ2v) is 7.79. The maximum Gasteiger partial charge on any atom is 0.234 e. The van der Waals surface area contributed by atoms with Crippen LogP contribution < -0.4 is 19.5 Å². The van der Waals surface area contributed by atoms with E-state index in [0.29, 0.717) is 30.3 Å². The van der Waals surface area contributed by atoms with Gasteiger partial charge < -0.3 is 19.5 Å². The van der Waals surface area contributed by atoms with Crippen molar-refractivity contribution in [3.8, 4) is 17.2 Å². The first-order valence-corrected chi connectivity index (χ1v) is 10.6. The van der Waals surface area contributed by atoms with Gasteiger partial charge in [-0.15, -0.1) is 0 Å². The molecule has 0 atom stereocenters. The second-order valence-electron chi connectivity index (χ2n) is 7.79.